The van der Waals surface area contributed by atoms with Crippen molar-refractivity contribution >= 4 is 17.5 Å². The molecule has 5 heteroatoms. The number of anilines is 3. The zero-order chi connectivity index (χ0) is 14.2. The molecule has 1 heterocycles. The number of para-hydroxylation sites is 1. The van der Waals surface area contributed by atoms with Gasteiger partial charge in [0.2, 0.25) is 5.95 Å². The number of nitrogens with zero attached hydrogens (tertiary/aromatic N) is 2. The number of rotatable bonds is 7. The zero-order valence-corrected chi connectivity index (χ0v) is 11.9. The van der Waals surface area contributed by atoms with Crippen LogP contribution in [0.15, 0.2) is 36.5 Å². The molecule has 0 aliphatic heterocycles. The third kappa shape index (κ3) is 4.20. The Balaban J connectivity index is 1.97. The van der Waals surface area contributed by atoms with Gasteiger partial charge in [-0.2, -0.15) is 4.98 Å². The highest BCUT2D eigenvalue weighted by molar-refractivity contribution is 5.58. The predicted molar refractivity (Wildman–Crippen MR) is 81.5 cm³/mol. The molecular formula is C15H20N4O. The molecule has 0 saturated carbocycles. The number of aryl methyl sites for hydroxylation is 1. The number of hydrogen-bond donors (Lipinski definition) is 2. The largest absolute Gasteiger partial charge is 0.385 e. The molecule has 0 saturated heterocycles. The first-order chi connectivity index (χ1) is 9.79. The van der Waals surface area contributed by atoms with Crippen LogP contribution in [0.4, 0.5) is 17.5 Å². The molecule has 2 rings (SSSR count). The molecule has 106 valence electrons. The van der Waals surface area contributed by atoms with E-state index in [4.69, 9.17) is 4.74 Å². The third-order valence-electron chi connectivity index (χ3n) is 2.88. The van der Waals surface area contributed by atoms with E-state index >= 15 is 0 Å². The van der Waals surface area contributed by atoms with Gasteiger partial charge in [0, 0.05) is 32.1 Å². The summed E-state index contributed by atoms with van der Waals surface area (Å²) in [6.45, 7) is 3.62. The normalized spacial score (nSPS) is 10.3. The Bertz CT molecular complexity index is 545. The SMILES string of the molecule is COCCCNc1ccnc(Nc2ccccc2C)n1. The van der Waals surface area contributed by atoms with Crippen molar-refractivity contribution in [2.75, 3.05) is 30.9 Å². The lowest BCUT2D eigenvalue weighted by molar-refractivity contribution is 0.198. The Labute approximate surface area is 119 Å². The van der Waals surface area contributed by atoms with E-state index in [2.05, 4.69) is 33.6 Å². The molecule has 0 fully saturated rings. The molecule has 20 heavy (non-hydrogen) atoms. The van der Waals surface area contributed by atoms with E-state index in [-0.39, 0.29) is 0 Å². The number of hydrogen-bond acceptors (Lipinski definition) is 5. The van der Waals surface area contributed by atoms with Crippen LogP contribution in [0, 0.1) is 6.92 Å². The van der Waals surface area contributed by atoms with Crippen molar-refractivity contribution < 1.29 is 4.74 Å². The fourth-order valence-electron chi connectivity index (χ4n) is 1.78. The molecule has 2 N–H and O–H groups in total. The summed E-state index contributed by atoms with van der Waals surface area (Å²) in [4.78, 5) is 8.67. The standard InChI is InChI=1S/C15H20N4O/c1-12-6-3-4-7-13(12)18-15-17-10-8-14(19-15)16-9-5-11-20-2/h3-4,6-8,10H,5,9,11H2,1-2H3,(H2,16,17,18,19). The van der Waals surface area contributed by atoms with E-state index < -0.39 is 0 Å². The molecule has 0 amide bonds. The summed E-state index contributed by atoms with van der Waals surface area (Å²) in [6, 6.07) is 9.92. The van der Waals surface area contributed by atoms with E-state index in [9.17, 15) is 0 Å². The molecule has 0 spiro atoms. The second kappa shape index (κ2) is 7.45. The Morgan fingerprint density at radius 2 is 2.05 bits per heavy atom. The first kappa shape index (κ1) is 14.3. The number of aromatic nitrogens is 2. The van der Waals surface area contributed by atoms with Crippen LogP contribution in [0.1, 0.15) is 12.0 Å². The van der Waals surface area contributed by atoms with Gasteiger partial charge < -0.3 is 15.4 Å². The molecule has 5 nitrogen and oxygen atoms in total. The highest BCUT2D eigenvalue weighted by Crippen LogP contribution is 2.17. The molecule has 0 atom stereocenters. The monoisotopic (exact) mass is 272 g/mol. The van der Waals surface area contributed by atoms with E-state index in [0.29, 0.717) is 5.95 Å². The Hall–Kier alpha value is -2.14. The Kier molecular flexibility index (Phi) is 5.32. The van der Waals surface area contributed by atoms with Crippen LogP contribution < -0.4 is 10.6 Å². The minimum absolute atomic E-state index is 0.594. The van der Waals surface area contributed by atoms with Crippen molar-refractivity contribution in [1.82, 2.24) is 9.97 Å². The van der Waals surface area contributed by atoms with Gasteiger partial charge >= 0.3 is 0 Å². The van der Waals surface area contributed by atoms with Crippen LogP contribution in [-0.2, 0) is 4.74 Å². The summed E-state index contributed by atoms with van der Waals surface area (Å²) in [6.07, 6.45) is 2.69. The number of ether oxygens (including phenoxy) is 1. The lowest BCUT2D eigenvalue weighted by Gasteiger charge is -2.09. The maximum atomic E-state index is 5.01. The van der Waals surface area contributed by atoms with Crippen LogP contribution in [0.25, 0.3) is 0 Å². The molecule has 0 aliphatic rings. The van der Waals surface area contributed by atoms with Gasteiger partial charge in [-0.3, -0.25) is 0 Å². The van der Waals surface area contributed by atoms with Gasteiger partial charge in [-0.25, -0.2) is 4.98 Å². The molecule has 0 radical (unpaired) electrons. The van der Waals surface area contributed by atoms with Crippen molar-refractivity contribution in [2.45, 2.75) is 13.3 Å². The van der Waals surface area contributed by atoms with Crippen LogP contribution in [-0.4, -0.2) is 30.2 Å². The second-order valence-corrected chi connectivity index (χ2v) is 4.48. The average molecular weight is 272 g/mol. The van der Waals surface area contributed by atoms with Gasteiger partial charge in [-0.15, -0.1) is 0 Å². The van der Waals surface area contributed by atoms with E-state index in [1.165, 1.54) is 0 Å². The number of nitrogens with one attached hydrogen (secondary N) is 2. The minimum atomic E-state index is 0.594. The van der Waals surface area contributed by atoms with Crippen molar-refractivity contribution in [2.24, 2.45) is 0 Å². The van der Waals surface area contributed by atoms with E-state index in [0.717, 1.165) is 36.6 Å². The van der Waals surface area contributed by atoms with E-state index in [1.807, 2.05) is 24.3 Å². The molecule has 1 aromatic carbocycles. The summed E-state index contributed by atoms with van der Waals surface area (Å²) in [5.41, 5.74) is 2.18. The molecule has 0 unspecified atom stereocenters. The molecule has 0 bridgehead atoms. The first-order valence-electron chi connectivity index (χ1n) is 6.68. The molecular weight excluding hydrogens is 252 g/mol. The highest BCUT2D eigenvalue weighted by Gasteiger charge is 2.01. The minimum Gasteiger partial charge on any atom is -0.385 e. The average Bonchev–Trinajstić information content (AvgIpc) is 2.47. The maximum Gasteiger partial charge on any atom is 0.229 e. The lowest BCUT2D eigenvalue weighted by atomic mass is 10.2. The van der Waals surface area contributed by atoms with Crippen LogP contribution in [0.5, 0.6) is 0 Å². The fourth-order valence-corrected chi connectivity index (χ4v) is 1.78. The molecule has 1 aromatic heterocycles. The third-order valence-corrected chi connectivity index (χ3v) is 2.88. The topological polar surface area (TPSA) is 59.1 Å². The van der Waals surface area contributed by atoms with Crippen molar-refractivity contribution in [3.05, 3.63) is 42.1 Å². The van der Waals surface area contributed by atoms with E-state index in [1.54, 1.807) is 13.3 Å². The van der Waals surface area contributed by atoms with Gasteiger partial charge in [0.1, 0.15) is 5.82 Å². The smallest absolute Gasteiger partial charge is 0.229 e. The molecule has 2 aromatic rings. The lowest BCUT2D eigenvalue weighted by Crippen LogP contribution is -2.07. The van der Waals surface area contributed by atoms with Gasteiger partial charge in [-0.1, -0.05) is 18.2 Å². The first-order valence-corrected chi connectivity index (χ1v) is 6.68. The van der Waals surface area contributed by atoms with Crippen LogP contribution in [0.2, 0.25) is 0 Å². The summed E-state index contributed by atoms with van der Waals surface area (Å²) < 4.78 is 5.01. The summed E-state index contributed by atoms with van der Waals surface area (Å²) in [7, 11) is 1.70. The second-order valence-electron chi connectivity index (χ2n) is 4.48. The van der Waals surface area contributed by atoms with Crippen LogP contribution >= 0.6 is 0 Å². The Morgan fingerprint density at radius 1 is 1.20 bits per heavy atom. The predicted octanol–water partition coefficient (Wildman–Crippen LogP) is 2.98. The van der Waals surface area contributed by atoms with Crippen molar-refractivity contribution in [1.29, 1.82) is 0 Å². The summed E-state index contributed by atoms with van der Waals surface area (Å²) >= 11 is 0. The van der Waals surface area contributed by atoms with Crippen LogP contribution in [0.3, 0.4) is 0 Å². The summed E-state index contributed by atoms with van der Waals surface area (Å²) in [5, 5.41) is 6.48. The van der Waals surface area contributed by atoms with Crippen molar-refractivity contribution in [3.63, 3.8) is 0 Å². The van der Waals surface area contributed by atoms with Gasteiger partial charge in [-0.05, 0) is 31.0 Å². The Morgan fingerprint density at radius 3 is 2.85 bits per heavy atom. The highest BCUT2D eigenvalue weighted by atomic mass is 16.5. The number of benzene rings is 1. The number of methoxy groups -OCH3 is 1. The quantitative estimate of drug-likeness (QED) is 0.759. The summed E-state index contributed by atoms with van der Waals surface area (Å²) in [5.74, 6) is 1.41. The maximum absolute atomic E-state index is 5.01. The van der Waals surface area contributed by atoms with Gasteiger partial charge in [0.05, 0.1) is 0 Å². The van der Waals surface area contributed by atoms with Gasteiger partial charge in [0.25, 0.3) is 0 Å². The fraction of sp³-hybridized carbons (Fsp3) is 0.333. The van der Waals surface area contributed by atoms with Gasteiger partial charge in [0.15, 0.2) is 0 Å². The molecule has 0 aliphatic carbocycles. The van der Waals surface area contributed by atoms with Crippen molar-refractivity contribution in [3.8, 4) is 0 Å². The zero-order valence-electron chi connectivity index (χ0n) is 11.9.